The van der Waals surface area contributed by atoms with Crippen LogP contribution in [0.4, 0.5) is 17.1 Å². The molecule has 8 rings (SSSR count). The molecule has 3 heterocycles. The predicted molar refractivity (Wildman–Crippen MR) is 315 cm³/mol. The van der Waals surface area contributed by atoms with Crippen molar-refractivity contribution >= 4 is 80.6 Å². The van der Waals surface area contributed by atoms with Gasteiger partial charge in [-0.05, 0) is 147 Å². The van der Waals surface area contributed by atoms with Crippen LogP contribution in [-0.4, -0.2) is 106 Å². The summed E-state index contributed by atoms with van der Waals surface area (Å²) in [6.07, 6.45) is 9.78. The molecule has 2 unspecified atom stereocenters. The van der Waals surface area contributed by atoms with Crippen molar-refractivity contribution in [3.8, 4) is 11.8 Å². The van der Waals surface area contributed by atoms with Gasteiger partial charge in [0.1, 0.15) is 7.05 Å². The summed E-state index contributed by atoms with van der Waals surface area (Å²) < 4.78 is 138. The topological polar surface area (TPSA) is 273 Å². The first-order valence-corrected chi connectivity index (χ1v) is 32.6. The molecule has 0 saturated heterocycles. The Bertz CT molecular complexity index is 4010. The van der Waals surface area contributed by atoms with E-state index in [1.54, 1.807) is 31.1 Å². The number of aryl methyl sites for hydroxylation is 1. The van der Waals surface area contributed by atoms with E-state index in [4.69, 9.17) is 0 Å². The van der Waals surface area contributed by atoms with Crippen LogP contribution in [0.15, 0.2) is 149 Å². The van der Waals surface area contributed by atoms with Gasteiger partial charge in [-0.3, -0.25) is 27.8 Å². The van der Waals surface area contributed by atoms with Crippen molar-refractivity contribution in [2.24, 2.45) is 0 Å². The molecule has 2 amide bonds. The zero-order chi connectivity index (χ0) is 59.4. The number of benzene rings is 5. The first kappa shape index (κ1) is 61.0. The van der Waals surface area contributed by atoms with Gasteiger partial charge in [0.25, 0.3) is 40.5 Å². The van der Waals surface area contributed by atoms with Crippen molar-refractivity contribution in [2.75, 3.05) is 41.9 Å². The quantitative estimate of drug-likeness (QED) is 0.0143. The lowest BCUT2D eigenvalue weighted by Gasteiger charge is -2.29. The van der Waals surface area contributed by atoms with Gasteiger partial charge in [-0.15, -0.1) is 0 Å². The van der Waals surface area contributed by atoms with Crippen LogP contribution >= 0.6 is 0 Å². The first-order chi connectivity index (χ1) is 38.6. The lowest BCUT2D eigenvalue weighted by molar-refractivity contribution is -0.401. The summed E-state index contributed by atoms with van der Waals surface area (Å²) in [4.78, 5) is 29.5. The Kier molecular flexibility index (Phi) is 18.2. The van der Waals surface area contributed by atoms with Crippen LogP contribution in [0.25, 0.3) is 5.57 Å². The molecule has 22 heteroatoms. The fraction of sp³-hybridized carbons (Fsp3) is 0.317. The number of amides is 2. The van der Waals surface area contributed by atoms with E-state index in [2.05, 4.69) is 17.2 Å². The Morgan fingerprint density at radius 1 is 0.683 bits per heavy atom. The zero-order valence-corrected chi connectivity index (χ0v) is 49.0. The molecule has 0 bridgehead atoms. The molecule has 5 aromatic rings. The maximum atomic E-state index is 13.7. The molecule has 5 N–H and O–H groups in total. The van der Waals surface area contributed by atoms with Gasteiger partial charge < -0.3 is 15.1 Å². The Labute approximate surface area is 480 Å². The summed E-state index contributed by atoms with van der Waals surface area (Å²) in [5.74, 6) is 4.97. The van der Waals surface area contributed by atoms with Gasteiger partial charge in [-0.25, -0.2) is 0 Å². The average molecular weight is 1190 g/mol. The van der Waals surface area contributed by atoms with Crippen LogP contribution < -0.4 is 15.1 Å². The van der Waals surface area contributed by atoms with E-state index in [9.17, 15) is 61.5 Å². The molecule has 0 saturated carbocycles. The second kappa shape index (κ2) is 24.4. The summed E-state index contributed by atoms with van der Waals surface area (Å²) in [5, 5.41) is 2.90. The number of allylic oxidation sites excluding steroid dienone is 6. The van der Waals surface area contributed by atoms with Crippen LogP contribution in [0, 0.1) is 11.8 Å². The third kappa shape index (κ3) is 14.2. The van der Waals surface area contributed by atoms with Gasteiger partial charge in [-0.2, -0.15) is 38.2 Å². The van der Waals surface area contributed by atoms with Crippen molar-refractivity contribution in [1.29, 1.82) is 0 Å². The summed E-state index contributed by atoms with van der Waals surface area (Å²) in [6.45, 7) is 4.15. The number of fused-ring (bicyclic) bond motifs is 4. The molecule has 3 aliphatic rings. The molecule has 432 valence electrons. The second-order valence-corrected chi connectivity index (χ2v) is 27.2. The molecule has 5 aromatic carbocycles. The number of hydrogen-bond acceptors (Lipinski definition) is 11. The molecule has 0 aliphatic carbocycles. The van der Waals surface area contributed by atoms with Crippen molar-refractivity contribution in [3.05, 3.63) is 178 Å². The summed E-state index contributed by atoms with van der Waals surface area (Å²) in [7, 11) is -14.5. The molecule has 2 atom stereocenters. The highest BCUT2D eigenvalue weighted by Crippen LogP contribution is 2.51. The number of unbranched alkanes of at least 4 members (excludes halogenated alkanes) is 1. The Balaban J connectivity index is 1.04. The normalized spacial score (nSPS) is 18.6. The van der Waals surface area contributed by atoms with Crippen LogP contribution in [0.2, 0.25) is 0 Å². The zero-order valence-electron chi connectivity index (χ0n) is 45.7. The Hall–Kier alpha value is -7.07. The second-order valence-electron chi connectivity index (χ2n) is 21.2. The number of likely N-dealkylation sites (N-methyl/N-ethyl adjacent to an activating group) is 1. The van der Waals surface area contributed by atoms with Crippen LogP contribution in [0.3, 0.4) is 0 Å². The van der Waals surface area contributed by atoms with Gasteiger partial charge in [0.15, 0.2) is 5.71 Å². The van der Waals surface area contributed by atoms with E-state index in [1.807, 2.05) is 120 Å². The van der Waals surface area contributed by atoms with E-state index in [0.29, 0.717) is 65.3 Å². The number of nitrogens with zero attached hydrogens (tertiary/aromatic N) is 3. The highest BCUT2D eigenvalue weighted by Gasteiger charge is 2.47. The Morgan fingerprint density at radius 2 is 1.28 bits per heavy atom. The van der Waals surface area contributed by atoms with E-state index >= 15 is 0 Å². The van der Waals surface area contributed by atoms with Crippen LogP contribution in [-0.2, 0) is 73.9 Å². The van der Waals surface area contributed by atoms with Crippen LogP contribution in [0.1, 0.15) is 104 Å². The minimum absolute atomic E-state index is 0.0121. The monoisotopic (exact) mass is 1190 g/mol. The molecule has 18 nitrogen and oxygen atoms in total. The molecule has 0 radical (unpaired) electrons. The van der Waals surface area contributed by atoms with Gasteiger partial charge in [-0.1, -0.05) is 72.5 Å². The number of nitrogens with one attached hydrogen (secondary N) is 1. The number of carbonyl (C=O) groups is 2. The molecular weight excluding hydrogens is 1130 g/mol. The van der Waals surface area contributed by atoms with Gasteiger partial charge in [0.2, 0.25) is 17.5 Å². The predicted octanol–water partition coefficient (Wildman–Crippen LogP) is 8.60. The van der Waals surface area contributed by atoms with Gasteiger partial charge in [0, 0.05) is 72.1 Å². The fourth-order valence-electron chi connectivity index (χ4n) is 11.2. The summed E-state index contributed by atoms with van der Waals surface area (Å²) in [6, 6.07) is 31.3. The number of para-hydroxylation sites is 1. The first-order valence-electron chi connectivity index (χ1n) is 26.5. The number of anilines is 2. The summed E-state index contributed by atoms with van der Waals surface area (Å²) in [5.41, 5.74) is 6.88. The maximum absolute atomic E-state index is 13.7. The standard InChI is InChI=1S/C60H64N4O14S4/c1-59(34-11-37-79(67,68)69)50-39-48(81(73,74)75)27-29-53(50)62(3)55(59)31-25-45(26-32-56-60(2,35-12-38-80(70,71)72)51-40-49(82(76,77)78)28-30-54(51)63(56)4)44-21-19-42(20-22-44)13-5-10-18-57(65)61-36-33-58(66)64-41-47-16-7-6-14-43(47)23-24-46-15-8-9-17-52(46)64/h6-9,14-17,19-22,25-32,39-40H,5,10-13,18,33-38,41H2,1-4H3,(H4-,61,65,67,68,69,70,71,72,73,74,75,76,77,78)/p+1. The number of carbonyl (C=O) groups excluding carboxylic acids is 2. The van der Waals surface area contributed by atoms with E-state index in [1.165, 1.54) is 24.3 Å². The summed E-state index contributed by atoms with van der Waals surface area (Å²) >= 11 is 0. The van der Waals surface area contributed by atoms with Crippen molar-refractivity contribution < 1.29 is 66.0 Å². The number of rotatable bonds is 22. The fourth-order valence-corrected chi connectivity index (χ4v) is 13.3. The molecule has 0 fully saturated rings. The van der Waals surface area contributed by atoms with Gasteiger partial charge in [0.05, 0.1) is 38.9 Å². The minimum atomic E-state index is -4.65. The lowest BCUT2D eigenvalue weighted by atomic mass is 9.75. The number of hydrogen-bond donors (Lipinski definition) is 5. The highest BCUT2D eigenvalue weighted by atomic mass is 32.2. The maximum Gasteiger partial charge on any atom is 0.294 e. The lowest BCUT2D eigenvalue weighted by Crippen LogP contribution is -2.35. The van der Waals surface area contributed by atoms with Crippen molar-refractivity contribution in [1.82, 2.24) is 5.32 Å². The third-order valence-electron chi connectivity index (χ3n) is 15.5. The third-order valence-corrected chi connectivity index (χ3v) is 18.8. The largest absolute Gasteiger partial charge is 0.356 e. The van der Waals surface area contributed by atoms with E-state index in [-0.39, 0.29) is 66.7 Å². The smallest absolute Gasteiger partial charge is 0.294 e. The van der Waals surface area contributed by atoms with Crippen LogP contribution in [0.5, 0.6) is 0 Å². The van der Waals surface area contributed by atoms with Crippen molar-refractivity contribution in [2.45, 2.75) is 98.8 Å². The molecular formula is C60H65N4O14S4+. The SMILES string of the molecule is CN1C(=CC=C(C=CC2=[N+](C)c3ccc(S(=O)(=O)O)cc3C2(C)CCCS(=O)(=O)O)c2ccc(CCCCC(=O)NCCC(=O)N3Cc4ccccc4C#Cc4ccccc43)cc2)C(C)(CCCS(=O)(=O)O)c2cc(S(=O)(=O)O)ccc21. The molecule has 82 heavy (non-hydrogen) atoms. The average Bonchev–Trinajstić information content (AvgIpc) is 3.81. The van der Waals surface area contributed by atoms with E-state index in [0.717, 1.165) is 33.5 Å². The Morgan fingerprint density at radius 3 is 1.94 bits per heavy atom. The molecule has 0 spiro atoms. The molecule has 3 aliphatic heterocycles. The molecule has 0 aromatic heterocycles. The highest BCUT2D eigenvalue weighted by molar-refractivity contribution is 7.86. The minimum Gasteiger partial charge on any atom is -0.356 e. The van der Waals surface area contributed by atoms with E-state index < -0.39 is 62.8 Å². The van der Waals surface area contributed by atoms with Crippen molar-refractivity contribution in [3.63, 3.8) is 0 Å². The van der Waals surface area contributed by atoms with Gasteiger partial charge >= 0.3 is 0 Å².